The summed E-state index contributed by atoms with van der Waals surface area (Å²) in [5, 5.41) is 31.1. The number of anilines is 2. The van der Waals surface area contributed by atoms with E-state index in [0.29, 0.717) is 29.1 Å². The SMILES string of the molecule is CNC(=O)c1ccc(NC(=O)Nc2ccc(C[C@@H](CO)NC[C@H](O)COc3ccccc3)cc2)cc1. The highest BCUT2D eigenvalue weighted by atomic mass is 16.5. The van der Waals surface area contributed by atoms with Crippen LogP contribution in [0.15, 0.2) is 78.9 Å². The van der Waals surface area contributed by atoms with E-state index in [-0.39, 0.29) is 31.7 Å². The van der Waals surface area contributed by atoms with E-state index in [1.807, 2.05) is 42.5 Å². The smallest absolute Gasteiger partial charge is 0.323 e. The highest BCUT2D eigenvalue weighted by Crippen LogP contribution is 2.14. The van der Waals surface area contributed by atoms with Crippen molar-refractivity contribution < 1.29 is 24.5 Å². The van der Waals surface area contributed by atoms with E-state index in [4.69, 9.17) is 4.74 Å². The minimum Gasteiger partial charge on any atom is -0.491 e. The van der Waals surface area contributed by atoms with E-state index in [1.165, 1.54) is 0 Å². The Labute approximate surface area is 210 Å². The van der Waals surface area contributed by atoms with Crippen molar-refractivity contribution in [3.63, 3.8) is 0 Å². The van der Waals surface area contributed by atoms with Crippen LogP contribution in [0.2, 0.25) is 0 Å². The van der Waals surface area contributed by atoms with Crippen molar-refractivity contribution in [3.05, 3.63) is 90.0 Å². The van der Waals surface area contributed by atoms with Crippen LogP contribution >= 0.6 is 0 Å². The van der Waals surface area contributed by atoms with Gasteiger partial charge in [-0.15, -0.1) is 0 Å². The average Bonchev–Trinajstić information content (AvgIpc) is 2.91. The number of aliphatic hydroxyl groups excluding tert-OH is 2. The van der Waals surface area contributed by atoms with Crippen LogP contribution in [0.4, 0.5) is 16.2 Å². The Kier molecular flexibility index (Phi) is 10.3. The van der Waals surface area contributed by atoms with Crippen molar-refractivity contribution in [3.8, 4) is 5.75 Å². The molecule has 0 radical (unpaired) electrons. The number of ether oxygens (including phenoxy) is 1. The summed E-state index contributed by atoms with van der Waals surface area (Å²) >= 11 is 0. The van der Waals surface area contributed by atoms with Crippen molar-refractivity contribution >= 4 is 23.3 Å². The van der Waals surface area contributed by atoms with Gasteiger partial charge in [-0.05, 0) is 60.5 Å². The lowest BCUT2D eigenvalue weighted by atomic mass is 10.1. The van der Waals surface area contributed by atoms with Crippen molar-refractivity contribution in [2.45, 2.75) is 18.6 Å². The molecule has 190 valence electrons. The van der Waals surface area contributed by atoms with Crippen LogP contribution in [0.1, 0.15) is 15.9 Å². The molecule has 0 unspecified atom stereocenters. The predicted octanol–water partition coefficient (Wildman–Crippen LogP) is 2.62. The quantitative estimate of drug-likeness (QED) is 0.230. The van der Waals surface area contributed by atoms with E-state index in [0.717, 1.165) is 5.56 Å². The summed E-state index contributed by atoms with van der Waals surface area (Å²) in [5.74, 6) is 0.495. The lowest BCUT2D eigenvalue weighted by Gasteiger charge is -2.19. The summed E-state index contributed by atoms with van der Waals surface area (Å²) in [7, 11) is 1.56. The first-order valence-electron chi connectivity index (χ1n) is 11.7. The summed E-state index contributed by atoms with van der Waals surface area (Å²) in [6.07, 6.45) is -0.170. The molecule has 6 N–H and O–H groups in total. The lowest BCUT2D eigenvalue weighted by Crippen LogP contribution is -2.41. The zero-order chi connectivity index (χ0) is 25.8. The first-order chi connectivity index (χ1) is 17.5. The molecule has 3 amide bonds. The molecule has 0 heterocycles. The fourth-order valence-electron chi connectivity index (χ4n) is 3.42. The van der Waals surface area contributed by atoms with Crippen molar-refractivity contribution in [1.29, 1.82) is 0 Å². The van der Waals surface area contributed by atoms with Gasteiger partial charge in [0.2, 0.25) is 0 Å². The van der Waals surface area contributed by atoms with E-state index in [2.05, 4.69) is 21.3 Å². The molecule has 0 aliphatic rings. The van der Waals surface area contributed by atoms with Crippen LogP contribution in [0.25, 0.3) is 0 Å². The summed E-state index contributed by atoms with van der Waals surface area (Å²) in [6, 6.07) is 22.5. The number of benzene rings is 3. The minimum absolute atomic E-state index is 0.0899. The van der Waals surface area contributed by atoms with Crippen molar-refractivity contribution in [2.75, 3.05) is 37.4 Å². The molecule has 0 bridgehead atoms. The van der Waals surface area contributed by atoms with E-state index < -0.39 is 12.1 Å². The number of para-hydroxylation sites is 1. The third-order valence-electron chi connectivity index (χ3n) is 5.37. The molecule has 3 aromatic rings. The van der Waals surface area contributed by atoms with Gasteiger partial charge in [0.1, 0.15) is 18.5 Å². The third-order valence-corrected chi connectivity index (χ3v) is 5.37. The van der Waals surface area contributed by atoms with Gasteiger partial charge in [-0.1, -0.05) is 30.3 Å². The summed E-state index contributed by atoms with van der Waals surface area (Å²) in [5.41, 5.74) is 2.64. The van der Waals surface area contributed by atoms with Crippen LogP contribution in [0.3, 0.4) is 0 Å². The molecule has 0 fully saturated rings. The van der Waals surface area contributed by atoms with Gasteiger partial charge in [-0.3, -0.25) is 4.79 Å². The standard InChI is InChI=1S/C27H32N4O5/c1-28-26(34)20-9-13-22(14-10-20)31-27(35)30-21-11-7-19(8-12-21)15-23(17-32)29-16-24(33)18-36-25-5-3-2-4-6-25/h2-14,23-24,29,32-33H,15-18H2,1H3,(H,28,34)(H2,30,31,35)/t23-,24-/m0/s1. The monoisotopic (exact) mass is 492 g/mol. The van der Waals surface area contributed by atoms with Crippen molar-refractivity contribution in [2.24, 2.45) is 0 Å². The molecule has 0 spiro atoms. The topological polar surface area (TPSA) is 132 Å². The maximum absolute atomic E-state index is 12.3. The van der Waals surface area contributed by atoms with Gasteiger partial charge in [0.15, 0.2) is 0 Å². The zero-order valence-electron chi connectivity index (χ0n) is 20.1. The number of carbonyl (C=O) groups is 2. The number of amides is 3. The van der Waals surface area contributed by atoms with E-state index in [9.17, 15) is 19.8 Å². The first-order valence-corrected chi connectivity index (χ1v) is 11.7. The van der Waals surface area contributed by atoms with Crippen LogP contribution in [0.5, 0.6) is 5.75 Å². The zero-order valence-corrected chi connectivity index (χ0v) is 20.1. The van der Waals surface area contributed by atoms with Crippen LogP contribution in [0, 0.1) is 0 Å². The Hall–Kier alpha value is -3.92. The molecule has 36 heavy (non-hydrogen) atoms. The number of hydrogen-bond acceptors (Lipinski definition) is 6. The highest BCUT2D eigenvalue weighted by Gasteiger charge is 2.12. The largest absolute Gasteiger partial charge is 0.491 e. The fraction of sp³-hybridized carbons (Fsp3) is 0.259. The van der Waals surface area contributed by atoms with Crippen LogP contribution in [-0.4, -0.2) is 61.1 Å². The molecule has 3 rings (SSSR count). The molecule has 0 aromatic heterocycles. The highest BCUT2D eigenvalue weighted by molar-refractivity contribution is 6.00. The number of hydrogen-bond donors (Lipinski definition) is 6. The van der Waals surface area contributed by atoms with Gasteiger partial charge in [-0.2, -0.15) is 0 Å². The number of aliphatic hydroxyl groups is 2. The molecule has 2 atom stereocenters. The number of urea groups is 1. The minimum atomic E-state index is -0.718. The third kappa shape index (κ3) is 8.70. The second kappa shape index (κ2) is 13.8. The van der Waals surface area contributed by atoms with E-state index >= 15 is 0 Å². The number of carbonyl (C=O) groups excluding carboxylic acids is 2. The number of nitrogens with one attached hydrogen (secondary N) is 4. The van der Waals surface area contributed by atoms with Crippen molar-refractivity contribution in [1.82, 2.24) is 10.6 Å². The summed E-state index contributed by atoms with van der Waals surface area (Å²) in [4.78, 5) is 23.9. The molecule has 3 aromatic carbocycles. The molecular weight excluding hydrogens is 460 g/mol. The van der Waals surface area contributed by atoms with E-state index in [1.54, 1.807) is 43.4 Å². The summed E-state index contributed by atoms with van der Waals surface area (Å²) < 4.78 is 5.55. The molecule has 0 aliphatic carbocycles. The Morgan fingerprint density at radius 3 is 2.08 bits per heavy atom. The Bertz CT molecular complexity index is 1090. The Morgan fingerprint density at radius 2 is 1.50 bits per heavy atom. The molecular formula is C27H32N4O5. The normalized spacial score (nSPS) is 12.3. The van der Waals surface area contributed by atoms with Crippen LogP contribution in [-0.2, 0) is 6.42 Å². The predicted molar refractivity (Wildman–Crippen MR) is 139 cm³/mol. The summed E-state index contributed by atoms with van der Waals surface area (Å²) in [6.45, 7) is 0.338. The number of rotatable bonds is 12. The average molecular weight is 493 g/mol. The molecule has 9 nitrogen and oxygen atoms in total. The lowest BCUT2D eigenvalue weighted by molar-refractivity contribution is 0.0963. The second-order valence-electron chi connectivity index (χ2n) is 8.20. The van der Waals surface area contributed by atoms with Gasteiger partial charge < -0.3 is 36.2 Å². The van der Waals surface area contributed by atoms with Crippen LogP contribution < -0.4 is 26.0 Å². The fourth-order valence-corrected chi connectivity index (χ4v) is 3.42. The second-order valence-corrected chi connectivity index (χ2v) is 8.20. The molecule has 0 saturated heterocycles. The van der Waals surface area contributed by atoms with Gasteiger partial charge in [0.05, 0.1) is 6.61 Å². The molecule has 0 aliphatic heterocycles. The van der Waals surface area contributed by atoms with Gasteiger partial charge in [-0.25, -0.2) is 4.79 Å². The maximum atomic E-state index is 12.3. The molecule has 9 heteroatoms. The first kappa shape index (κ1) is 26.7. The van der Waals surface area contributed by atoms with Gasteiger partial charge >= 0.3 is 6.03 Å². The molecule has 0 saturated carbocycles. The Balaban J connectivity index is 1.42. The van der Waals surface area contributed by atoms with Gasteiger partial charge in [0.25, 0.3) is 5.91 Å². The Morgan fingerprint density at radius 1 is 0.889 bits per heavy atom. The van der Waals surface area contributed by atoms with Gasteiger partial charge in [0, 0.05) is 36.6 Å². The maximum Gasteiger partial charge on any atom is 0.323 e.